The SMILES string of the molecule is CCCNC1(C(=O)OC)CCC(C(C)(C)C)CC1. The first-order valence-electron chi connectivity index (χ1n) is 7.19. The van der Waals surface area contributed by atoms with Crippen LogP contribution >= 0.6 is 0 Å². The normalized spacial score (nSPS) is 29.1. The lowest BCUT2D eigenvalue weighted by Crippen LogP contribution is -2.55. The lowest BCUT2D eigenvalue weighted by atomic mass is 9.67. The summed E-state index contributed by atoms with van der Waals surface area (Å²) in [4.78, 5) is 12.1. The highest BCUT2D eigenvalue weighted by Gasteiger charge is 2.44. The molecule has 1 aliphatic carbocycles. The van der Waals surface area contributed by atoms with E-state index in [-0.39, 0.29) is 5.97 Å². The van der Waals surface area contributed by atoms with Crippen molar-refractivity contribution in [1.82, 2.24) is 5.32 Å². The summed E-state index contributed by atoms with van der Waals surface area (Å²) in [5, 5.41) is 3.43. The summed E-state index contributed by atoms with van der Waals surface area (Å²) in [6.07, 6.45) is 5.06. The average Bonchev–Trinajstić information content (AvgIpc) is 2.34. The predicted octanol–water partition coefficient (Wildman–Crippen LogP) is 3.13. The zero-order chi connectivity index (χ0) is 13.8. The van der Waals surface area contributed by atoms with Crippen molar-refractivity contribution in [3.63, 3.8) is 0 Å². The number of hydrogen-bond acceptors (Lipinski definition) is 3. The Morgan fingerprint density at radius 3 is 2.28 bits per heavy atom. The van der Waals surface area contributed by atoms with Crippen LogP contribution in [0.1, 0.15) is 59.8 Å². The van der Waals surface area contributed by atoms with Crippen molar-refractivity contribution in [2.24, 2.45) is 11.3 Å². The molecule has 1 saturated carbocycles. The number of carbonyl (C=O) groups excluding carboxylic acids is 1. The van der Waals surface area contributed by atoms with Gasteiger partial charge in [0.15, 0.2) is 0 Å². The molecule has 0 unspecified atom stereocenters. The van der Waals surface area contributed by atoms with Crippen LogP contribution in [0.4, 0.5) is 0 Å². The maximum Gasteiger partial charge on any atom is 0.326 e. The van der Waals surface area contributed by atoms with Crippen molar-refractivity contribution >= 4 is 5.97 Å². The van der Waals surface area contributed by atoms with Crippen LogP contribution in [0.15, 0.2) is 0 Å². The molecule has 1 fully saturated rings. The Labute approximate surface area is 112 Å². The molecule has 18 heavy (non-hydrogen) atoms. The van der Waals surface area contributed by atoms with E-state index in [4.69, 9.17) is 4.74 Å². The first-order chi connectivity index (χ1) is 8.35. The van der Waals surface area contributed by atoms with Gasteiger partial charge in [0, 0.05) is 0 Å². The Morgan fingerprint density at radius 2 is 1.89 bits per heavy atom. The molecule has 3 heteroatoms. The topological polar surface area (TPSA) is 38.3 Å². The summed E-state index contributed by atoms with van der Waals surface area (Å²) in [6, 6.07) is 0. The van der Waals surface area contributed by atoms with Crippen molar-refractivity contribution in [2.75, 3.05) is 13.7 Å². The van der Waals surface area contributed by atoms with Crippen LogP contribution in [-0.2, 0) is 9.53 Å². The first-order valence-corrected chi connectivity index (χ1v) is 7.19. The second kappa shape index (κ2) is 6.05. The van der Waals surface area contributed by atoms with E-state index in [1.54, 1.807) is 0 Å². The largest absolute Gasteiger partial charge is 0.468 e. The fraction of sp³-hybridized carbons (Fsp3) is 0.933. The third kappa shape index (κ3) is 3.47. The van der Waals surface area contributed by atoms with E-state index in [0.29, 0.717) is 11.3 Å². The highest BCUT2D eigenvalue weighted by Crippen LogP contribution is 2.41. The molecular weight excluding hydrogens is 226 g/mol. The predicted molar refractivity (Wildman–Crippen MR) is 74.5 cm³/mol. The minimum absolute atomic E-state index is 0.0803. The minimum Gasteiger partial charge on any atom is -0.468 e. The average molecular weight is 255 g/mol. The van der Waals surface area contributed by atoms with Crippen LogP contribution in [0.25, 0.3) is 0 Å². The molecule has 0 heterocycles. The van der Waals surface area contributed by atoms with Gasteiger partial charge >= 0.3 is 5.97 Å². The number of hydrogen-bond donors (Lipinski definition) is 1. The van der Waals surface area contributed by atoms with Gasteiger partial charge in [0.05, 0.1) is 7.11 Å². The zero-order valence-corrected chi connectivity index (χ0v) is 12.6. The first kappa shape index (κ1) is 15.5. The van der Waals surface area contributed by atoms with Crippen molar-refractivity contribution in [3.05, 3.63) is 0 Å². The summed E-state index contributed by atoms with van der Waals surface area (Å²) in [6.45, 7) is 9.89. The summed E-state index contributed by atoms with van der Waals surface area (Å²) in [5.41, 5.74) is -0.0838. The molecule has 0 saturated heterocycles. The molecule has 0 atom stereocenters. The molecule has 0 aromatic heterocycles. The molecule has 1 aliphatic rings. The van der Waals surface area contributed by atoms with Crippen LogP contribution in [0.2, 0.25) is 0 Å². The van der Waals surface area contributed by atoms with E-state index < -0.39 is 5.54 Å². The molecule has 1 rings (SSSR count). The van der Waals surface area contributed by atoms with Gasteiger partial charge in [-0.25, -0.2) is 0 Å². The minimum atomic E-state index is -0.424. The van der Waals surface area contributed by atoms with Crippen LogP contribution in [-0.4, -0.2) is 25.2 Å². The number of esters is 1. The van der Waals surface area contributed by atoms with E-state index in [1.807, 2.05) is 0 Å². The summed E-state index contributed by atoms with van der Waals surface area (Å²) >= 11 is 0. The molecule has 0 spiro atoms. The maximum absolute atomic E-state index is 12.1. The van der Waals surface area contributed by atoms with Crippen molar-refractivity contribution < 1.29 is 9.53 Å². The van der Waals surface area contributed by atoms with Gasteiger partial charge in [-0.05, 0) is 50.0 Å². The van der Waals surface area contributed by atoms with E-state index in [1.165, 1.54) is 7.11 Å². The number of rotatable bonds is 4. The number of methoxy groups -OCH3 is 1. The third-order valence-corrected chi connectivity index (χ3v) is 4.35. The standard InChI is InChI=1S/C15H29NO2/c1-6-11-16-15(13(17)18-5)9-7-12(8-10-15)14(2,3)4/h12,16H,6-11H2,1-5H3. The van der Waals surface area contributed by atoms with Gasteiger partial charge in [-0.3, -0.25) is 4.79 Å². The highest BCUT2D eigenvalue weighted by atomic mass is 16.5. The quantitative estimate of drug-likeness (QED) is 0.784. The molecule has 0 radical (unpaired) electrons. The van der Waals surface area contributed by atoms with Crippen molar-refractivity contribution in [1.29, 1.82) is 0 Å². The van der Waals surface area contributed by atoms with Gasteiger partial charge in [0.25, 0.3) is 0 Å². The Bertz CT molecular complexity index is 273. The van der Waals surface area contributed by atoms with Gasteiger partial charge in [-0.2, -0.15) is 0 Å². The maximum atomic E-state index is 12.1. The highest BCUT2D eigenvalue weighted by molar-refractivity contribution is 5.80. The molecular formula is C15H29NO2. The fourth-order valence-electron chi connectivity index (χ4n) is 2.99. The van der Waals surface area contributed by atoms with Gasteiger partial charge in [-0.15, -0.1) is 0 Å². The van der Waals surface area contributed by atoms with Crippen molar-refractivity contribution in [2.45, 2.75) is 65.3 Å². The Balaban J connectivity index is 2.70. The second-order valence-electron chi connectivity index (χ2n) is 6.64. The molecule has 1 N–H and O–H groups in total. The van der Waals surface area contributed by atoms with E-state index in [9.17, 15) is 4.79 Å². The molecule has 0 aromatic rings. The summed E-state index contributed by atoms with van der Waals surface area (Å²) in [5.74, 6) is 0.627. The van der Waals surface area contributed by atoms with Gasteiger partial charge in [0.1, 0.15) is 5.54 Å². The van der Waals surface area contributed by atoms with Crippen LogP contribution in [0, 0.1) is 11.3 Å². The van der Waals surface area contributed by atoms with Gasteiger partial charge in [0.2, 0.25) is 0 Å². The van der Waals surface area contributed by atoms with Crippen LogP contribution < -0.4 is 5.32 Å². The van der Waals surface area contributed by atoms with E-state index in [2.05, 4.69) is 33.0 Å². The van der Waals surface area contributed by atoms with Gasteiger partial charge < -0.3 is 10.1 Å². The van der Waals surface area contributed by atoms with Crippen LogP contribution in [0.5, 0.6) is 0 Å². The number of ether oxygens (including phenoxy) is 1. The molecule has 106 valence electrons. The summed E-state index contributed by atoms with van der Waals surface area (Å²) < 4.78 is 5.01. The van der Waals surface area contributed by atoms with Gasteiger partial charge in [-0.1, -0.05) is 27.7 Å². The third-order valence-electron chi connectivity index (χ3n) is 4.35. The molecule has 0 bridgehead atoms. The Kier molecular flexibility index (Phi) is 5.20. The monoisotopic (exact) mass is 255 g/mol. The second-order valence-corrected chi connectivity index (χ2v) is 6.64. The Morgan fingerprint density at radius 1 is 1.33 bits per heavy atom. The van der Waals surface area contributed by atoms with Crippen LogP contribution in [0.3, 0.4) is 0 Å². The molecule has 0 amide bonds. The molecule has 0 aromatic carbocycles. The van der Waals surface area contributed by atoms with E-state index >= 15 is 0 Å². The smallest absolute Gasteiger partial charge is 0.326 e. The zero-order valence-electron chi connectivity index (χ0n) is 12.6. The fourth-order valence-corrected chi connectivity index (χ4v) is 2.99. The molecule has 0 aliphatic heterocycles. The summed E-state index contributed by atoms with van der Waals surface area (Å²) in [7, 11) is 1.49. The number of carbonyl (C=O) groups is 1. The van der Waals surface area contributed by atoms with Crippen molar-refractivity contribution in [3.8, 4) is 0 Å². The lowest BCUT2D eigenvalue weighted by molar-refractivity contribution is -0.151. The Hall–Kier alpha value is -0.570. The lowest BCUT2D eigenvalue weighted by Gasteiger charge is -2.42. The van der Waals surface area contributed by atoms with E-state index in [0.717, 1.165) is 38.6 Å². The molecule has 3 nitrogen and oxygen atoms in total. The number of nitrogens with one attached hydrogen (secondary N) is 1.